The van der Waals surface area contributed by atoms with Gasteiger partial charge in [0.1, 0.15) is 0 Å². The molecule has 1 aromatic rings. The number of rotatable bonds is 1. The standard InChI is InChI=1S/C8H6F3N3.ClH/c9-8(10,11)7-3-6(14-13)2-1-5(7)4-12;/h1-3,14H,13H2;1H. The predicted octanol–water partition coefficient (Wildman–Crippen LogP) is 2.28. The third-order valence-electron chi connectivity index (χ3n) is 1.61. The van der Waals surface area contributed by atoms with Crippen molar-refractivity contribution in [2.45, 2.75) is 6.18 Å². The molecule has 0 aliphatic heterocycles. The molecule has 0 heterocycles. The highest BCUT2D eigenvalue weighted by atomic mass is 35.5. The Morgan fingerprint density at radius 3 is 2.33 bits per heavy atom. The maximum atomic E-state index is 12.3. The van der Waals surface area contributed by atoms with Crippen molar-refractivity contribution < 1.29 is 13.2 Å². The Bertz CT molecular complexity index is 384. The van der Waals surface area contributed by atoms with E-state index in [1.54, 1.807) is 0 Å². The Morgan fingerprint density at radius 1 is 1.33 bits per heavy atom. The third kappa shape index (κ3) is 3.01. The maximum absolute atomic E-state index is 12.3. The summed E-state index contributed by atoms with van der Waals surface area (Å²) in [6.45, 7) is 0. The summed E-state index contributed by atoms with van der Waals surface area (Å²) in [6.07, 6.45) is -4.54. The summed E-state index contributed by atoms with van der Waals surface area (Å²) < 4.78 is 37.0. The summed E-state index contributed by atoms with van der Waals surface area (Å²) in [5, 5.41) is 8.44. The Morgan fingerprint density at radius 2 is 1.93 bits per heavy atom. The van der Waals surface area contributed by atoms with Crippen molar-refractivity contribution >= 4 is 18.1 Å². The fraction of sp³-hybridized carbons (Fsp3) is 0.125. The summed E-state index contributed by atoms with van der Waals surface area (Å²) in [5.74, 6) is 4.95. The lowest BCUT2D eigenvalue weighted by molar-refractivity contribution is -0.137. The number of anilines is 1. The van der Waals surface area contributed by atoms with Crippen LogP contribution in [0.3, 0.4) is 0 Å². The van der Waals surface area contributed by atoms with Crippen LogP contribution in [0.1, 0.15) is 11.1 Å². The summed E-state index contributed by atoms with van der Waals surface area (Å²) in [6, 6.07) is 4.62. The molecule has 3 nitrogen and oxygen atoms in total. The van der Waals surface area contributed by atoms with Gasteiger partial charge < -0.3 is 5.43 Å². The minimum absolute atomic E-state index is 0. The summed E-state index contributed by atoms with van der Waals surface area (Å²) in [7, 11) is 0. The second-order valence-electron chi connectivity index (χ2n) is 2.51. The van der Waals surface area contributed by atoms with Crippen LogP contribution in [0.25, 0.3) is 0 Å². The van der Waals surface area contributed by atoms with E-state index in [1.807, 2.05) is 0 Å². The van der Waals surface area contributed by atoms with Crippen LogP contribution in [0.5, 0.6) is 0 Å². The van der Waals surface area contributed by atoms with Gasteiger partial charge in [0.2, 0.25) is 0 Å². The number of nitrogens with two attached hydrogens (primary N) is 1. The molecular weight excluding hydrogens is 231 g/mol. The van der Waals surface area contributed by atoms with Gasteiger partial charge in [0, 0.05) is 5.69 Å². The zero-order chi connectivity index (χ0) is 10.8. The number of hydrogen-bond donors (Lipinski definition) is 2. The molecule has 82 valence electrons. The molecule has 7 heteroatoms. The molecule has 0 atom stereocenters. The van der Waals surface area contributed by atoms with E-state index in [0.717, 1.165) is 12.1 Å². The van der Waals surface area contributed by atoms with Gasteiger partial charge in [0.05, 0.1) is 17.2 Å². The van der Waals surface area contributed by atoms with Crippen LogP contribution >= 0.6 is 12.4 Å². The van der Waals surface area contributed by atoms with E-state index >= 15 is 0 Å². The van der Waals surface area contributed by atoms with Gasteiger partial charge in [0.25, 0.3) is 0 Å². The molecule has 1 aromatic carbocycles. The molecule has 0 aliphatic carbocycles. The highest BCUT2D eigenvalue weighted by Gasteiger charge is 2.33. The second kappa shape index (κ2) is 4.87. The first-order valence-electron chi connectivity index (χ1n) is 3.57. The molecule has 0 amide bonds. The van der Waals surface area contributed by atoms with Gasteiger partial charge >= 0.3 is 6.18 Å². The minimum atomic E-state index is -4.54. The van der Waals surface area contributed by atoms with E-state index in [2.05, 4.69) is 5.43 Å². The number of alkyl halides is 3. The molecule has 1 rings (SSSR count). The van der Waals surface area contributed by atoms with E-state index in [9.17, 15) is 13.2 Å². The first kappa shape index (κ1) is 13.5. The molecule has 0 aromatic heterocycles. The van der Waals surface area contributed by atoms with Crippen LogP contribution in [0, 0.1) is 11.3 Å². The van der Waals surface area contributed by atoms with E-state index in [0.29, 0.717) is 0 Å². The summed E-state index contributed by atoms with van der Waals surface area (Å²) in [4.78, 5) is 0. The molecule has 15 heavy (non-hydrogen) atoms. The van der Waals surface area contributed by atoms with Crippen molar-refractivity contribution in [1.82, 2.24) is 0 Å². The molecular formula is C8H7ClF3N3. The van der Waals surface area contributed by atoms with E-state index in [4.69, 9.17) is 11.1 Å². The minimum Gasteiger partial charge on any atom is -0.324 e. The molecule has 0 unspecified atom stereocenters. The van der Waals surface area contributed by atoms with Crippen molar-refractivity contribution in [3.8, 4) is 6.07 Å². The molecule has 0 aliphatic rings. The van der Waals surface area contributed by atoms with Crippen molar-refractivity contribution in [1.29, 1.82) is 5.26 Å². The normalized spacial score (nSPS) is 10.1. The van der Waals surface area contributed by atoms with Crippen LogP contribution in [-0.2, 0) is 6.18 Å². The Labute approximate surface area is 90.1 Å². The first-order chi connectivity index (χ1) is 6.49. The number of hydrazine groups is 1. The number of nitriles is 1. The zero-order valence-corrected chi connectivity index (χ0v) is 8.12. The molecule has 0 saturated carbocycles. The molecule has 0 radical (unpaired) electrons. The van der Waals surface area contributed by atoms with Gasteiger partial charge in [-0.25, -0.2) is 0 Å². The predicted molar refractivity (Wildman–Crippen MR) is 51.2 cm³/mol. The second-order valence-corrected chi connectivity index (χ2v) is 2.51. The molecule has 0 bridgehead atoms. The van der Waals surface area contributed by atoms with Crippen LogP contribution < -0.4 is 11.3 Å². The van der Waals surface area contributed by atoms with Gasteiger partial charge in [-0.15, -0.1) is 12.4 Å². The first-order valence-corrected chi connectivity index (χ1v) is 3.57. The quantitative estimate of drug-likeness (QED) is 0.582. The van der Waals surface area contributed by atoms with Crippen molar-refractivity contribution in [3.05, 3.63) is 29.3 Å². The van der Waals surface area contributed by atoms with Crippen LogP contribution in [-0.4, -0.2) is 0 Å². The summed E-state index contributed by atoms with van der Waals surface area (Å²) in [5.41, 5.74) is 0.779. The van der Waals surface area contributed by atoms with Crippen molar-refractivity contribution in [2.24, 2.45) is 5.84 Å². The van der Waals surface area contributed by atoms with Gasteiger partial charge in [-0.1, -0.05) is 0 Å². The lowest BCUT2D eigenvalue weighted by Gasteiger charge is -2.10. The van der Waals surface area contributed by atoms with Crippen molar-refractivity contribution in [2.75, 3.05) is 5.43 Å². The van der Waals surface area contributed by atoms with Gasteiger partial charge in [-0.2, -0.15) is 18.4 Å². The Balaban J connectivity index is 0.00000196. The van der Waals surface area contributed by atoms with E-state index in [-0.39, 0.29) is 18.1 Å². The average Bonchev–Trinajstić information content (AvgIpc) is 2.15. The van der Waals surface area contributed by atoms with Crippen molar-refractivity contribution in [3.63, 3.8) is 0 Å². The number of nitrogen functional groups attached to an aromatic ring is 1. The molecule has 0 saturated heterocycles. The monoisotopic (exact) mass is 237 g/mol. The number of halogens is 4. The average molecular weight is 238 g/mol. The highest BCUT2D eigenvalue weighted by Crippen LogP contribution is 2.33. The fourth-order valence-electron chi connectivity index (χ4n) is 0.966. The largest absolute Gasteiger partial charge is 0.417 e. The molecule has 0 spiro atoms. The topological polar surface area (TPSA) is 61.8 Å². The van der Waals surface area contributed by atoms with Gasteiger partial charge in [-0.05, 0) is 18.2 Å². The fourth-order valence-corrected chi connectivity index (χ4v) is 0.966. The van der Waals surface area contributed by atoms with Gasteiger partial charge in [0.15, 0.2) is 0 Å². The molecule has 3 N–H and O–H groups in total. The SMILES string of the molecule is Cl.N#Cc1ccc(NN)cc1C(F)(F)F. The van der Waals surface area contributed by atoms with Gasteiger partial charge in [-0.3, -0.25) is 5.84 Å². The van der Waals surface area contributed by atoms with Crippen LogP contribution in [0.4, 0.5) is 18.9 Å². The smallest absolute Gasteiger partial charge is 0.324 e. The Kier molecular flexibility index (Phi) is 4.40. The lowest BCUT2D eigenvalue weighted by Crippen LogP contribution is -2.11. The number of hydrogen-bond acceptors (Lipinski definition) is 3. The zero-order valence-electron chi connectivity index (χ0n) is 7.30. The van der Waals surface area contributed by atoms with Crippen LogP contribution in [0.15, 0.2) is 18.2 Å². The Hall–Kier alpha value is -1.45. The number of nitrogens with zero attached hydrogens (tertiary/aromatic N) is 1. The highest BCUT2D eigenvalue weighted by molar-refractivity contribution is 5.85. The van der Waals surface area contributed by atoms with Crippen LogP contribution in [0.2, 0.25) is 0 Å². The third-order valence-corrected chi connectivity index (χ3v) is 1.61. The number of benzene rings is 1. The summed E-state index contributed by atoms with van der Waals surface area (Å²) >= 11 is 0. The molecule has 0 fully saturated rings. The van der Waals surface area contributed by atoms with E-state index < -0.39 is 17.3 Å². The maximum Gasteiger partial charge on any atom is 0.417 e. The lowest BCUT2D eigenvalue weighted by atomic mass is 10.1. The number of nitrogens with one attached hydrogen (secondary N) is 1. The van der Waals surface area contributed by atoms with E-state index in [1.165, 1.54) is 12.1 Å².